The fourth-order valence-corrected chi connectivity index (χ4v) is 8.49. The smallest absolute Gasteiger partial charge is 0.222 e. The van der Waals surface area contributed by atoms with Gasteiger partial charge in [0.2, 0.25) is 5.91 Å². The quantitative estimate of drug-likeness (QED) is 0.0362. The molecule has 1 amide bonds. The van der Waals surface area contributed by atoms with E-state index < -0.39 is 18.2 Å². The Morgan fingerprint density at radius 3 is 1.05 bits per heavy atom. The van der Waals surface area contributed by atoms with E-state index in [4.69, 9.17) is 0 Å². The molecule has 0 aliphatic carbocycles. The zero-order valence-corrected chi connectivity index (χ0v) is 41.1. The zero-order chi connectivity index (χ0) is 44.4. The van der Waals surface area contributed by atoms with Gasteiger partial charge >= 0.3 is 0 Å². The van der Waals surface area contributed by atoms with Crippen molar-refractivity contribution in [2.24, 2.45) is 0 Å². The highest BCUT2D eigenvalue weighted by Crippen LogP contribution is 2.17. The summed E-state index contributed by atoms with van der Waals surface area (Å²) in [7, 11) is 0. The first-order valence-corrected chi connectivity index (χ1v) is 27.3. The molecule has 0 bridgehead atoms. The number of hydrogen-bond acceptors (Lipinski definition) is 4. The highest BCUT2D eigenvalue weighted by Gasteiger charge is 2.20. The molecular weight excluding hydrogens is 751 g/mol. The molecule has 3 atom stereocenters. The van der Waals surface area contributed by atoms with Crippen molar-refractivity contribution in [3.8, 4) is 0 Å². The molecule has 61 heavy (non-hydrogen) atoms. The Hall–Kier alpha value is -1.43. The van der Waals surface area contributed by atoms with Gasteiger partial charge in [-0.2, -0.15) is 0 Å². The minimum Gasteiger partial charge on any atom is -0.394 e. The van der Waals surface area contributed by atoms with Crippen molar-refractivity contribution in [2.45, 2.75) is 308 Å². The molecule has 0 heterocycles. The van der Waals surface area contributed by atoms with Gasteiger partial charge in [0.05, 0.1) is 31.3 Å². The second-order valence-corrected chi connectivity index (χ2v) is 18.8. The second kappa shape index (κ2) is 51.2. The van der Waals surface area contributed by atoms with Crippen molar-refractivity contribution in [1.82, 2.24) is 5.32 Å². The number of aliphatic hydroxyl groups excluding tert-OH is 3. The van der Waals surface area contributed by atoms with E-state index in [9.17, 15) is 20.1 Å². The fraction of sp³-hybridized carbons (Fsp3) is 0.875. The normalized spacial score (nSPS) is 13.6. The Morgan fingerprint density at radius 1 is 0.410 bits per heavy atom. The molecule has 5 heteroatoms. The molecule has 0 rings (SSSR count). The van der Waals surface area contributed by atoms with E-state index in [-0.39, 0.29) is 18.9 Å². The van der Waals surface area contributed by atoms with Crippen LogP contribution in [0.2, 0.25) is 0 Å². The van der Waals surface area contributed by atoms with E-state index in [1.807, 2.05) is 6.08 Å². The average molecular weight is 858 g/mol. The van der Waals surface area contributed by atoms with Gasteiger partial charge in [-0.3, -0.25) is 4.79 Å². The molecule has 0 aromatic heterocycles. The number of nitrogens with one attached hydrogen (secondary N) is 1. The summed E-state index contributed by atoms with van der Waals surface area (Å²) in [6, 6.07) is -0.766. The maximum absolute atomic E-state index is 12.5. The summed E-state index contributed by atoms with van der Waals surface area (Å²) in [6.45, 7) is 4.23. The Balaban J connectivity index is 3.62. The standard InChI is InChI=1S/C56H107NO4/c1-3-5-7-9-11-13-15-17-19-21-23-25-27-28-29-31-33-35-37-39-41-43-45-47-49-53(59)51-56(61)57-54(52-58)55(60)50-48-46-44-42-40-38-36-34-32-30-26-24-22-20-18-16-14-12-10-8-6-4-2/h32,34,40,42,48,50,53-55,58-60H,3-31,33,35-39,41,43-47,49,51-52H2,1-2H3,(H,57,61)/b34-32+,42-40+,50-48+. The van der Waals surface area contributed by atoms with Crippen LogP contribution in [-0.4, -0.2) is 46.1 Å². The highest BCUT2D eigenvalue weighted by atomic mass is 16.3. The monoisotopic (exact) mass is 858 g/mol. The van der Waals surface area contributed by atoms with Crippen LogP contribution in [0.1, 0.15) is 290 Å². The summed E-state index contributed by atoms with van der Waals surface area (Å²) in [5.74, 6) is -0.325. The molecule has 0 fully saturated rings. The van der Waals surface area contributed by atoms with Crippen LogP contribution in [0.3, 0.4) is 0 Å². The van der Waals surface area contributed by atoms with Crippen LogP contribution in [0.25, 0.3) is 0 Å². The van der Waals surface area contributed by atoms with Crippen molar-refractivity contribution in [1.29, 1.82) is 0 Å². The van der Waals surface area contributed by atoms with E-state index in [0.717, 1.165) is 38.5 Å². The largest absolute Gasteiger partial charge is 0.394 e. The van der Waals surface area contributed by atoms with Crippen molar-refractivity contribution in [2.75, 3.05) is 6.61 Å². The van der Waals surface area contributed by atoms with E-state index in [1.165, 1.54) is 225 Å². The third-order valence-corrected chi connectivity index (χ3v) is 12.7. The predicted molar refractivity (Wildman–Crippen MR) is 268 cm³/mol. The Kier molecular flexibility index (Phi) is 50.0. The maximum Gasteiger partial charge on any atom is 0.222 e. The molecule has 0 saturated heterocycles. The lowest BCUT2D eigenvalue weighted by atomic mass is 10.0. The van der Waals surface area contributed by atoms with Crippen LogP contribution in [0.5, 0.6) is 0 Å². The van der Waals surface area contributed by atoms with Gasteiger partial charge in [0.15, 0.2) is 0 Å². The van der Waals surface area contributed by atoms with Gasteiger partial charge in [0.25, 0.3) is 0 Å². The van der Waals surface area contributed by atoms with Crippen molar-refractivity contribution in [3.05, 3.63) is 36.5 Å². The number of hydrogen-bond donors (Lipinski definition) is 4. The summed E-state index contributed by atoms with van der Waals surface area (Å²) >= 11 is 0. The maximum atomic E-state index is 12.5. The number of carbonyl (C=O) groups is 1. The number of allylic oxidation sites excluding steroid dienone is 5. The summed E-state index contributed by atoms with van der Waals surface area (Å²) in [4.78, 5) is 12.5. The van der Waals surface area contributed by atoms with E-state index >= 15 is 0 Å². The van der Waals surface area contributed by atoms with Gasteiger partial charge in [0.1, 0.15) is 0 Å². The lowest BCUT2D eigenvalue weighted by molar-refractivity contribution is -0.124. The van der Waals surface area contributed by atoms with Crippen molar-refractivity contribution in [3.63, 3.8) is 0 Å². The van der Waals surface area contributed by atoms with Gasteiger partial charge in [-0.1, -0.05) is 275 Å². The Bertz CT molecular complexity index is 947. The Morgan fingerprint density at radius 2 is 0.705 bits per heavy atom. The lowest BCUT2D eigenvalue weighted by Crippen LogP contribution is -2.45. The lowest BCUT2D eigenvalue weighted by Gasteiger charge is -2.21. The molecule has 4 N–H and O–H groups in total. The van der Waals surface area contributed by atoms with Crippen molar-refractivity contribution < 1.29 is 20.1 Å². The molecule has 0 aliphatic heterocycles. The molecule has 360 valence electrons. The van der Waals surface area contributed by atoms with Gasteiger partial charge < -0.3 is 20.6 Å². The molecule has 0 radical (unpaired) electrons. The SMILES string of the molecule is CCCCCCCCCCCCCC/C=C/CC/C=C/CC/C=C/C(O)C(CO)NC(=O)CC(O)CCCCCCCCCCCCCCCCCCCCCCCCCC. The van der Waals surface area contributed by atoms with E-state index in [1.54, 1.807) is 6.08 Å². The van der Waals surface area contributed by atoms with Gasteiger partial charge in [-0.05, 0) is 44.9 Å². The molecule has 5 nitrogen and oxygen atoms in total. The number of unbranched alkanes of at least 4 members (excludes halogenated alkanes) is 37. The number of aliphatic hydroxyl groups is 3. The van der Waals surface area contributed by atoms with E-state index in [0.29, 0.717) is 6.42 Å². The predicted octanol–water partition coefficient (Wildman–Crippen LogP) is 16.7. The van der Waals surface area contributed by atoms with Gasteiger partial charge in [-0.15, -0.1) is 0 Å². The van der Waals surface area contributed by atoms with Crippen LogP contribution in [-0.2, 0) is 4.79 Å². The summed E-state index contributed by atoms with van der Waals surface area (Å²) in [5.41, 5.74) is 0. The first kappa shape index (κ1) is 59.6. The van der Waals surface area contributed by atoms with Crippen LogP contribution >= 0.6 is 0 Å². The van der Waals surface area contributed by atoms with E-state index in [2.05, 4.69) is 43.5 Å². The van der Waals surface area contributed by atoms with Crippen LogP contribution in [0.15, 0.2) is 36.5 Å². The summed E-state index contributed by atoms with van der Waals surface area (Å²) in [6.07, 6.45) is 66.1. The minimum atomic E-state index is -0.959. The average Bonchev–Trinajstić information content (AvgIpc) is 3.25. The first-order valence-electron chi connectivity index (χ1n) is 27.3. The summed E-state index contributed by atoms with van der Waals surface area (Å²) < 4.78 is 0. The molecule has 0 spiro atoms. The molecule has 0 saturated carbocycles. The van der Waals surface area contributed by atoms with Crippen LogP contribution in [0, 0.1) is 0 Å². The topological polar surface area (TPSA) is 89.8 Å². The number of rotatable bonds is 50. The zero-order valence-electron chi connectivity index (χ0n) is 41.1. The van der Waals surface area contributed by atoms with Crippen molar-refractivity contribution >= 4 is 5.91 Å². The molecule has 3 unspecified atom stereocenters. The minimum absolute atomic E-state index is 0.00563. The highest BCUT2D eigenvalue weighted by molar-refractivity contribution is 5.76. The number of amides is 1. The number of carbonyl (C=O) groups excluding carboxylic acids is 1. The Labute approximate surface area is 381 Å². The van der Waals surface area contributed by atoms with Gasteiger partial charge in [0, 0.05) is 0 Å². The van der Waals surface area contributed by atoms with Gasteiger partial charge in [-0.25, -0.2) is 0 Å². The third kappa shape index (κ3) is 47.9. The fourth-order valence-electron chi connectivity index (χ4n) is 8.49. The second-order valence-electron chi connectivity index (χ2n) is 18.8. The molecule has 0 aliphatic rings. The first-order chi connectivity index (χ1) is 30.0. The summed E-state index contributed by atoms with van der Waals surface area (Å²) in [5, 5.41) is 33.4. The molecule has 0 aromatic rings. The van der Waals surface area contributed by atoms with Crippen LogP contribution in [0.4, 0.5) is 0 Å². The third-order valence-electron chi connectivity index (χ3n) is 12.7. The van der Waals surface area contributed by atoms with Crippen LogP contribution < -0.4 is 5.32 Å². The molecule has 0 aromatic carbocycles. The molecular formula is C56H107NO4.